The summed E-state index contributed by atoms with van der Waals surface area (Å²) in [5.41, 5.74) is 8.75. The molecule has 1 atom stereocenters. The largest absolute Gasteiger partial charge is 0.397 e. The highest BCUT2D eigenvalue weighted by Crippen LogP contribution is 2.26. The van der Waals surface area contributed by atoms with Gasteiger partial charge < -0.3 is 16.0 Å². The van der Waals surface area contributed by atoms with E-state index in [1.165, 1.54) is 32.4 Å². The van der Waals surface area contributed by atoms with Gasteiger partial charge in [-0.15, -0.1) is 0 Å². The number of nitrogen functional groups attached to an aromatic ring is 1. The lowest BCUT2D eigenvalue weighted by Crippen LogP contribution is -2.38. The third kappa shape index (κ3) is 3.27. The molecule has 1 aromatic carbocycles. The van der Waals surface area contributed by atoms with E-state index in [1.807, 2.05) is 24.4 Å². The molecule has 4 heteroatoms. The Labute approximate surface area is 126 Å². The lowest BCUT2D eigenvalue weighted by Gasteiger charge is -2.29. The van der Waals surface area contributed by atoms with Crippen molar-refractivity contribution in [3.05, 3.63) is 30.5 Å². The second kappa shape index (κ2) is 6.31. The zero-order chi connectivity index (χ0) is 14.7. The predicted molar refractivity (Wildman–Crippen MR) is 89.5 cm³/mol. The highest BCUT2D eigenvalue weighted by molar-refractivity contribution is 5.97. The van der Waals surface area contributed by atoms with E-state index in [4.69, 9.17) is 5.73 Å². The Morgan fingerprint density at radius 1 is 1.24 bits per heavy atom. The van der Waals surface area contributed by atoms with Crippen LogP contribution in [0.3, 0.4) is 0 Å². The summed E-state index contributed by atoms with van der Waals surface area (Å²) in [6, 6.07) is 8.41. The molecular weight excluding hydrogens is 260 g/mol. The van der Waals surface area contributed by atoms with Crippen molar-refractivity contribution < 1.29 is 0 Å². The number of para-hydroxylation sites is 1. The van der Waals surface area contributed by atoms with Crippen LogP contribution in [0.25, 0.3) is 10.9 Å². The van der Waals surface area contributed by atoms with Crippen LogP contribution in [0.15, 0.2) is 30.5 Å². The highest BCUT2D eigenvalue weighted by Gasteiger charge is 2.14. The summed E-state index contributed by atoms with van der Waals surface area (Å²) in [7, 11) is 0. The van der Waals surface area contributed by atoms with Crippen molar-refractivity contribution in [3.63, 3.8) is 0 Å². The Hall–Kier alpha value is -1.81. The van der Waals surface area contributed by atoms with Crippen LogP contribution in [0.2, 0.25) is 0 Å². The van der Waals surface area contributed by atoms with Crippen molar-refractivity contribution >= 4 is 22.3 Å². The molecular formula is C17H24N4. The van der Waals surface area contributed by atoms with Crippen molar-refractivity contribution in [3.8, 4) is 0 Å². The summed E-state index contributed by atoms with van der Waals surface area (Å²) in [5.74, 6) is 0. The summed E-state index contributed by atoms with van der Waals surface area (Å²) in [6.45, 7) is 5.80. The maximum absolute atomic E-state index is 6.01. The van der Waals surface area contributed by atoms with E-state index in [9.17, 15) is 0 Å². The third-order valence-corrected chi connectivity index (χ3v) is 4.18. The predicted octanol–water partition coefficient (Wildman–Crippen LogP) is 3.10. The number of piperidine rings is 1. The lowest BCUT2D eigenvalue weighted by molar-refractivity contribution is 0.223. The van der Waals surface area contributed by atoms with Gasteiger partial charge in [-0.1, -0.05) is 18.6 Å². The lowest BCUT2D eigenvalue weighted by atomic mass is 10.1. The first-order valence-electron chi connectivity index (χ1n) is 7.86. The van der Waals surface area contributed by atoms with E-state index < -0.39 is 0 Å². The first-order valence-corrected chi connectivity index (χ1v) is 7.86. The zero-order valence-corrected chi connectivity index (χ0v) is 12.7. The minimum Gasteiger partial charge on any atom is -0.397 e. The Kier molecular flexibility index (Phi) is 4.25. The molecule has 21 heavy (non-hydrogen) atoms. The number of pyridine rings is 1. The molecule has 1 saturated heterocycles. The molecule has 2 aromatic rings. The molecule has 3 N–H and O–H groups in total. The SMILES string of the molecule is CC(CN1CCCCC1)Nc1ccnc2c(N)cccc12. The number of fused-ring (bicyclic) bond motifs is 1. The van der Waals surface area contributed by atoms with Crippen LogP contribution in [0, 0.1) is 0 Å². The number of nitrogens with zero attached hydrogens (tertiary/aromatic N) is 2. The van der Waals surface area contributed by atoms with E-state index in [1.54, 1.807) is 0 Å². The monoisotopic (exact) mass is 284 g/mol. The van der Waals surface area contributed by atoms with Gasteiger partial charge in [-0.2, -0.15) is 0 Å². The van der Waals surface area contributed by atoms with E-state index in [0.717, 1.165) is 28.8 Å². The fourth-order valence-corrected chi connectivity index (χ4v) is 3.17. The molecule has 0 spiro atoms. The van der Waals surface area contributed by atoms with Gasteiger partial charge in [-0.3, -0.25) is 4.98 Å². The minimum absolute atomic E-state index is 0.412. The van der Waals surface area contributed by atoms with E-state index in [2.05, 4.69) is 28.2 Å². The second-order valence-corrected chi connectivity index (χ2v) is 6.01. The van der Waals surface area contributed by atoms with Crippen LogP contribution in [-0.2, 0) is 0 Å². The van der Waals surface area contributed by atoms with Crippen molar-refractivity contribution in [2.45, 2.75) is 32.2 Å². The van der Waals surface area contributed by atoms with Crippen LogP contribution in [0.5, 0.6) is 0 Å². The van der Waals surface area contributed by atoms with Gasteiger partial charge in [0.05, 0.1) is 11.2 Å². The number of nitrogens with two attached hydrogens (primary N) is 1. The molecule has 3 rings (SSSR count). The number of nitrogens with one attached hydrogen (secondary N) is 1. The Balaban J connectivity index is 1.73. The van der Waals surface area contributed by atoms with Crippen LogP contribution in [-0.4, -0.2) is 35.6 Å². The molecule has 0 radical (unpaired) electrons. The average Bonchev–Trinajstić information content (AvgIpc) is 2.49. The fourth-order valence-electron chi connectivity index (χ4n) is 3.17. The van der Waals surface area contributed by atoms with Gasteiger partial charge in [0.1, 0.15) is 0 Å². The van der Waals surface area contributed by atoms with Crippen LogP contribution >= 0.6 is 0 Å². The number of benzene rings is 1. The number of rotatable bonds is 4. The van der Waals surface area contributed by atoms with Gasteiger partial charge in [0.15, 0.2) is 0 Å². The normalized spacial score (nSPS) is 17.8. The van der Waals surface area contributed by atoms with Crippen LogP contribution in [0.4, 0.5) is 11.4 Å². The highest BCUT2D eigenvalue weighted by atomic mass is 15.1. The summed E-state index contributed by atoms with van der Waals surface area (Å²) in [4.78, 5) is 6.94. The molecule has 1 unspecified atom stereocenters. The Bertz CT molecular complexity index is 605. The number of aromatic nitrogens is 1. The standard InChI is InChI=1S/C17H24N4/c1-13(12-21-10-3-2-4-11-21)20-16-8-9-19-17-14(16)6-5-7-15(17)18/h5-9,13H,2-4,10-12,18H2,1H3,(H,19,20). The Morgan fingerprint density at radius 2 is 2.05 bits per heavy atom. The van der Waals surface area contributed by atoms with Gasteiger partial charge in [0.25, 0.3) is 0 Å². The second-order valence-electron chi connectivity index (χ2n) is 6.01. The first-order chi connectivity index (χ1) is 10.2. The summed E-state index contributed by atoms with van der Waals surface area (Å²) < 4.78 is 0. The summed E-state index contributed by atoms with van der Waals surface area (Å²) in [5, 5.41) is 4.72. The van der Waals surface area contributed by atoms with Gasteiger partial charge in [0, 0.05) is 29.9 Å². The van der Waals surface area contributed by atoms with Gasteiger partial charge in [-0.25, -0.2) is 0 Å². The summed E-state index contributed by atoms with van der Waals surface area (Å²) in [6.07, 6.45) is 5.88. The molecule has 4 nitrogen and oxygen atoms in total. The molecule has 0 aliphatic carbocycles. The van der Waals surface area contributed by atoms with Crippen LogP contribution < -0.4 is 11.1 Å². The third-order valence-electron chi connectivity index (χ3n) is 4.18. The fraction of sp³-hybridized carbons (Fsp3) is 0.471. The van der Waals surface area contributed by atoms with Gasteiger partial charge in [-0.05, 0) is 45.0 Å². The molecule has 0 saturated carbocycles. The molecule has 1 fully saturated rings. The van der Waals surface area contributed by atoms with Gasteiger partial charge >= 0.3 is 0 Å². The van der Waals surface area contributed by atoms with Crippen molar-refractivity contribution in [1.29, 1.82) is 0 Å². The van der Waals surface area contributed by atoms with E-state index in [0.29, 0.717) is 6.04 Å². The molecule has 0 bridgehead atoms. The molecule has 2 heterocycles. The maximum atomic E-state index is 6.01. The van der Waals surface area contributed by atoms with E-state index >= 15 is 0 Å². The van der Waals surface area contributed by atoms with Gasteiger partial charge in [0.2, 0.25) is 0 Å². The number of likely N-dealkylation sites (tertiary alicyclic amines) is 1. The summed E-state index contributed by atoms with van der Waals surface area (Å²) >= 11 is 0. The molecule has 0 amide bonds. The first kappa shape index (κ1) is 14.1. The smallest absolute Gasteiger partial charge is 0.0951 e. The quantitative estimate of drug-likeness (QED) is 0.847. The Morgan fingerprint density at radius 3 is 2.86 bits per heavy atom. The van der Waals surface area contributed by atoms with Crippen molar-refractivity contribution in [1.82, 2.24) is 9.88 Å². The topological polar surface area (TPSA) is 54.2 Å². The number of hydrogen-bond donors (Lipinski definition) is 2. The van der Waals surface area contributed by atoms with Crippen molar-refractivity contribution in [2.24, 2.45) is 0 Å². The maximum Gasteiger partial charge on any atom is 0.0951 e. The minimum atomic E-state index is 0.412. The zero-order valence-electron chi connectivity index (χ0n) is 12.7. The van der Waals surface area contributed by atoms with Crippen molar-refractivity contribution in [2.75, 3.05) is 30.7 Å². The molecule has 1 aliphatic heterocycles. The molecule has 1 aromatic heterocycles. The molecule has 1 aliphatic rings. The number of anilines is 2. The average molecular weight is 284 g/mol. The van der Waals surface area contributed by atoms with Crippen LogP contribution in [0.1, 0.15) is 26.2 Å². The number of hydrogen-bond acceptors (Lipinski definition) is 4. The van der Waals surface area contributed by atoms with E-state index in [-0.39, 0.29) is 0 Å². The molecule has 112 valence electrons.